The van der Waals surface area contributed by atoms with Crippen LogP contribution in [0.25, 0.3) is 0 Å². The molecule has 4 aliphatic carbocycles. The molecule has 4 rings (SSSR count). The molecule has 188 valence electrons. The first-order valence-corrected chi connectivity index (χ1v) is 12.5. The van der Waals surface area contributed by atoms with Crippen LogP contribution in [0.3, 0.4) is 0 Å². The molecule has 0 spiro atoms. The molecule has 5 nitrogen and oxygen atoms in total. The van der Waals surface area contributed by atoms with Crippen molar-refractivity contribution in [3.05, 3.63) is 23.8 Å². The van der Waals surface area contributed by atoms with E-state index in [1.807, 2.05) is 13.8 Å². The Labute approximate surface area is 200 Å². The van der Waals surface area contributed by atoms with E-state index in [4.69, 9.17) is 4.74 Å². The molecule has 0 bridgehead atoms. The van der Waals surface area contributed by atoms with Crippen LogP contribution in [0.1, 0.15) is 66.2 Å². The van der Waals surface area contributed by atoms with Crippen molar-refractivity contribution in [1.29, 1.82) is 0 Å². The standard InChI is InChI=1S/C27H36F2O5/c1-5-16(30)12-23(33)34-14-22(32)24-15(2)10-18-19-13-21(28)20-11-17(31)6-7-26(20,4)27(19,29)9-8-25(18,24)3/h6-7,11,15-16,18-19,21,24,30H,5,8-10,12-14H2,1-4H3/t15-,16?,18+,19+,21+,24-,25+,26+,27-/m1/s1. The van der Waals surface area contributed by atoms with Crippen LogP contribution in [-0.4, -0.2) is 47.2 Å². The fourth-order valence-electron chi connectivity index (χ4n) is 7.77. The van der Waals surface area contributed by atoms with Crippen LogP contribution < -0.4 is 0 Å². The van der Waals surface area contributed by atoms with Crippen molar-refractivity contribution >= 4 is 17.5 Å². The summed E-state index contributed by atoms with van der Waals surface area (Å²) in [6.07, 6.45) is 3.51. The molecule has 4 aliphatic rings. The van der Waals surface area contributed by atoms with Crippen molar-refractivity contribution in [2.24, 2.45) is 34.5 Å². The number of ketones is 2. The van der Waals surface area contributed by atoms with Crippen molar-refractivity contribution in [2.45, 2.75) is 84.2 Å². The Morgan fingerprint density at radius 1 is 1.24 bits per heavy atom. The highest BCUT2D eigenvalue weighted by atomic mass is 19.1. The lowest BCUT2D eigenvalue weighted by atomic mass is 9.45. The van der Waals surface area contributed by atoms with Crippen molar-refractivity contribution in [1.82, 2.24) is 0 Å². The van der Waals surface area contributed by atoms with Crippen LogP contribution in [0.4, 0.5) is 8.78 Å². The van der Waals surface area contributed by atoms with E-state index in [0.717, 1.165) is 0 Å². The van der Waals surface area contributed by atoms with Crippen molar-refractivity contribution in [3.63, 3.8) is 0 Å². The summed E-state index contributed by atoms with van der Waals surface area (Å²) in [6.45, 7) is 7.07. The number of aliphatic hydroxyl groups is 1. The van der Waals surface area contributed by atoms with E-state index < -0.39 is 46.6 Å². The zero-order valence-corrected chi connectivity index (χ0v) is 20.5. The van der Waals surface area contributed by atoms with Gasteiger partial charge in [-0.3, -0.25) is 14.4 Å². The topological polar surface area (TPSA) is 80.7 Å². The van der Waals surface area contributed by atoms with Gasteiger partial charge in [-0.15, -0.1) is 0 Å². The van der Waals surface area contributed by atoms with Gasteiger partial charge in [-0.05, 0) is 74.0 Å². The van der Waals surface area contributed by atoms with Gasteiger partial charge in [0.15, 0.2) is 11.6 Å². The highest BCUT2D eigenvalue weighted by molar-refractivity contribution is 6.01. The van der Waals surface area contributed by atoms with Crippen LogP contribution in [0.2, 0.25) is 0 Å². The second kappa shape index (κ2) is 8.65. The number of aliphatic hydroxyl groups excluding tert-OH is 1. The molecule has 0 aliphatic heterocycles. The normalized spacial score (nSPS) is 43.9. The van der Waals surface area contributed by atoms with E-state index in [0.29, 0.717) is 19.3 Å². The monoisotopic (exact) mass is 478 g/mol. The zero-order valence-electron chi connectivity index (χ0n) is 20.5. The lowest BCUT2D eigenvalue weighted by molar-refractivity contribution is -0.157. The van der Waals surface area contributed by atoms with Crippen LogP contribution in [-0.2, 0) is 19.1 Å². The summed E-state index contributed by atoms with van der Waals surface area (Å²) < 4.78 is 37.5. The maximum atomic E-state index is 17.0. The van der Waals surface area contributed by atoms with E-state index in [1.165, 1.54) is 12.2 Å². The van der Waals surface area contributed by atoms with Gasteiger partial charge in [0.25, 0.3) is 0 Å². The average Bonchev–Trinajstić information content (AvgIpc) is 3.05. The molecule has 0 heterocycles. The van der Waals surface area contributed by atoms with E-state index in [9.17, 15) is 19.5 Å². The van der Waals surface area contributed by atoms with Crippen molar-refractivity contribution in [3.8, 4) is 0 Å². The molecule has 0 aromatic carbocycles. The smallest absolute Gasteiger partial charge is 0.308 e. The molecule has 0 amide bonds. The fourth-order valence-corrected chi connectivity index (χ4v) is 7.77. The SMILES string of the molecule is CCC(O)CC(=O)OCC(=O)[C@H]1[C@H](C)C[C@H]2[C@@H]3C[C@H](F)C4=CC(=O)C=C[C@]4(C)[C@@]3(F)CC[C@@]21C. The molecule has 3 fully saturated rings. The van der Waals surface area contributed by atoms with Gasteiger partial charge in [0.1, 0.15) is 18.4 Å². The highest BCUT2D eigenvalue weighted by Gasteiger charge is 2.69. The fraction of sp³-hybridized carbons (Fsp3) is 0.741. The molecule has 1 N–H and O–H groups in total. The molecule has 0 aromatic rings. The first-order valence-electron chi connectivity index (χ1n) is 12.5. The Morgan fingerprint density at radius 2 is 1.94 bits per heavy atom. The van der Waals surface area contributed by atoms with Crippen LogP contribution in [0.15, 0.2) is 23.8 Å². The first-order chi connectivity index (χ1) is 15.9. The number of carbonyl (C=O) groups is 3. The number of carbonyl (C=O) groups excluding carboxylic acids is 3. The quantitative estimate of drug-likeness (QED) is 0.570. The summed E-state index contributed by atoms with van der Waals surface area (Å²) in [5.41, 5.74) is -3.14. The van der Waals surface area contributed by atoms with E-state index >= 15 is 8.78 Å². The number of halogens is 2. The molecule has 7 heteroatoms. The Hall–Kier alpha value is -1.89. The molecule has 3 saturated carbocycles. The van der Waals surface area contributed by atoms with Gasteiger partial charge in [0, 0.05) is 17.3 Å². The van der Waals surface area contributed by atoms with E-state index in [2.05, 4.69) is 0 Å². The number of hydrogen-bond donors (Lipinski definition) is 1. The third kappa shape index (κ3) is 3.69. The van der Waals surface area contributed by atoms with Gasteiger partial charge >= 0.3 is 5.97 Å². The molecule has 0 saturated heterocycles. The lowest BCUT2D eigenvalue weighted by Gasteiger charge is -2.60. The Morgan fingerprint density at radius 3 is 2.62 bits per heavy atom. The van der Waals surface area contributed by atoms with Crippen molar-refractivity contribution < 1.29 is 33.0 Å². The van der Waals surface area contributed by atoms with Gasteiger partial charge in [0.05, 0.1) is 12.5 Å². The molecule has 34 heavy (non-hydrogen) atoms. The number of rotatable bonds is 6. The number of alkyl halides is 2. The van der Waals surface area contributed by atoms with Crippen LogP contribution >= 0.6 is 0 Å². The molecular weight excluding hydrogens is 442 g/mol. The number of hydrogen-bond acceptors (Lipinski definition) is 5. The third-order valence-electron chi connectivity index (χ3n) is 9.59. The van der Waals surface area contributed by atoms with Crippen molar-refractivity contribution in [2.75, 3.05) is 6.61 Å². The summed E-state index contributed by atoms with van der Waals surface area (Å²) in [7, 11) is 0. The molecule has 0 aromatic heterocycles. The predicted octanol–water partition coefficient (Wildman–Crippen LogP) is 4.47. The first kappa shape index (κ1) is 25.2. The zero-order chi connectivity index (χ0) is 25.1. The molecule has 0 radical (unpaired) electrons. The Bertz CT molecular complexity index is 943. The summed E-state index contributed by atoms with van der Waals surface area (Å²) in [4.78, 5) is 37.1. The van der Waals surface area contributed by atoms with Gasteiger partial charge in [0.2, 0.25) is 0 Å². The maximum Gasteiger partial charge on any atom is 0.308 e. The second-order valence-electron chi connectivity index (χ2n) is 11.4. The third-order valence-corrected chi connectivity index (χ3v) is 9.59. The van der Waals surface area contributed by atoms with Gasteiger partial charge in [-0.1, -0.05) is 26.8 Å². The van der Waals surface area contributed by atoms with E-state index in [-0.39, 0.29) is 54.8 Å². The molecule has 1 unspecified atom stereocenters. The minimum Gasteiger partial charge on any atom is -0.458 e. The number of allylic oxidation sites excluding steroid dienone is 4. The Balaban J connectivity index is 1.56. The largest absolute Gasteiger partial charge is 0.458 e. The lowest BCUT2D eigenvalue weighted by Crippen LogP contribution is -2.62. The van der Waals surface area contributed by atoms with Gasteiger partial charge in [-0.25, -0.2) is 8.78 Å². The average molecular weight is 479 g/mol. The minimum atomic E-state index is -1.69. The summed E-state index contributed by atoms with van der Waals surface area (Å²) in [5, 5.41) is 9.64. The van der Waals surface area contributed by atoms with E-state index in [1.54, 1.807) is 19.9 Å². The van der Waals surface area contributed by atoms with Crippen LogP contribution in [0, 0.1) is 34.5 Å². The number of ether oxygens (including phenoxy) is 1. The number of esters is 1. The molecule has 9 atom stereocenters. The summed E-state index contributed by atoms with van der Waals surface area (Å²) in [5.74, 6) is -2.31. The number of Topliss-reactive ketones (excluding diaryl/α,β-unsaturated/α-hetero) is 1. The highest BCUT2D eigenvalue weighted by Crippen LogP contribution is 2.70. The second-order valence-corrected chi connectivity index (χ2v) is 11.4. The molecular formula is C27H36F2O5. The minimum absolute atomic E-state index is 0.0107. The van der Waals surface area contributed by atoms with Gasteiger partial charge in [-0.2, -0.15) is 0 Å². The summed E-state index contributed by atoms with van der Waals surface area (Å²) >= 11 is 0. The Kier molecular flexibility index (Phi) is 6.41. The van der Waals surface area contributed by atoms with Gasteiger partial charge < -0.3 is 9.84 Å². The maximum absolute atomic E-state index is 17.0. The van der Waals surface area contributed by atoms with Crippen LogP contribution in [0.5, 0.6) is 0 Å². The predicted molar refractivity (Wildman–Crippen MR) is 122 cm³/mol. The summed E-state index contributed by atoms with van der Waals surface area (Å²) in [6, 6.07) is 0. The number of fused-ring (bicyclic) bond motifs is 5.